The minimum absolute atomic E-state index is 0.491. The smallest absolute Gasteiger partial charge is 0.0750 e. The van der Waals surface area contributed by atoms with Gasteiger partial charge < -0.3 is 0 Å². The summed E-state index contributed by atoms with van der Waals surface area (Å²) in [5, 5.41) is 1.92. The molecule has 0 aromatic rings. The summed E-state index contributed by atoms with van der Waals surface area (Å²) in [4.78, 5) is 0. The fourth-order valence-electron chi connectivity index (χ4n) is 0.601. The third kappa shape index (κ3) is 1.16. The Kier molecular flexibility index (Phi) is 1.80. The van der Waals surface area contributed by atoms with Gasteiger partial charge in [0.25, 0.3) is 0 Å². The summed E-state index contributed by atoms with van der Waals surface area (Å²) in [5.74, 6) is 0. The first-order valence-electron chi connectivity index (χ1n) is 2.82. The van der Waals surface area contributed by atoms with Crippen molar-refractivity contribution >= 4 is 0 Å². The Balaban J connectivity index is 2.24. The molecule has 1 heterocycles. The van der Waals surface area contributed by atoms with Crippen LogP contribution in [0.4, 0.5) is 0 Å². The Morgan fingerprint density at radius 1 is 1.50 bits per heavy atom. The SMILES string of the molecule is CC(C)N1NCNN1. The highest BCUT2D eigenvalue weighted by atomic mass is 15.9. The number of rotatable bonds is 1. The third-order valence-corrected chi connectivity index (χ3v) is 1.05. The van der Waals surface area contributed by atoms with Gasteiger partial charge in [-0.05, 0) is 13.8 Å². The van der Waals surface area contributed by atoms with Crippen molar-refractivity contribution in [3.8, 4) is 0 Å². The molecule has 0 saturated carbocycles. The Morgan fingerprint density at radius 3 is 2.50 bits per heavy atom. The zero-order valence-corrected chi connectivity index (χ0v) is 5.23. The molecule has 0 amide bonds. The largest absolute Gasteiger partial charge is 0.227 e. The van der Waals surface area contributed by atoms with E-state index in [2.05, 4.69) is 30.2 Å². The quantitative estimate of drug-likeness (QED) is 0.418. The monoisotopic (exact) mass is 116 g/mol. The first kappa shape index (κ1) is 5.97. The normalized spacial score (nSPS) is 22.9. The molecule has 0 radical (unpaired) electrons. The standard InChI is InChI=1S/C4H12N4/c1-4(2)8-6-3-5-7-8/h4-7H,3H2,1-2H3. The first-order valence-corrected chi connectivity index (χ1v) is 2.82. The maximum Gasteiger partial charge on any atom is 0.0750 e. The summed E-state index contributed by atoms with van der Waals surface area (Å²) in [7, 11) is 0. The van der Waals surface area contributed by atoms with Gasteiger partial charge in [0.05, 0.1) is 6.67 Å². The Morgan fingerprint density at radius 2 is 2.25 bits per heavy atom. The minimum Gasteiger partial charge on any atom is -0.227 e. The van der Waals surface area contributed by atoms with Crippen molar-refractivity contribution in [1.29, 1.82) is 0 Å². The van der Waals surface area contributed by atoms with Gasteiger partial charge >= 0.3 is 0 Å². The van der Waals surface area contributed by atoms with Crippen molar-refractivity contribution < 1.29 is 0 Å². The Labute approximate surface area is 49.1 Å². The van der Waals surface area contributed by atoms with E-state index in [0.29, 0.717) is 6.04 Å². The molecule has 4 nitrogen and oxygen atoms in total. The molecule has 0 spiro atoms. The number of nitrogens with zero attached hydrogens (tertiary/aromatic N) is 1. The van der Waals surface area contributed by atoms with Crippen molar-refractivity contribution in [2.75, 3.05) is 6.67 Å². The maximum absolute atomic E-state index is 3.07. The number of hydrazine groups is 3. The molecule has 0 aromatic carbocycles. The highest BCUT2D eigenvalue weighted by Gasteiger charge is 2.11. The van der Waals surface area contributed by atoms with Crippen LogP contribution in [0, 0.1) is 0 Å². The van der Waals surface area contributed by atoms with E-state index in [1.807, 2.05) is 5.12 Å². The van der Waals surface area contributed by atoms with E-state index in [1.54, 1.807) is 0 Å². The van der Waals surface area contributed by atoms with E-state index in [4.69, 9.17) is 0 Å². The van der Waals surface area contributed by atoms with Crippen LogP contribution in [-0.2, 0) is 0 Å². The summed E-state index contributed by atoms with van der Waals surface area (Å²) in [6, 6.07) is 0.491. The first-order chi connectivity index (χ1) is 3.80. The molecule has 1 fully saturated rings. The molecule has 0 unspecified atom stereocenters. The number of hydrogen-bond donors (Lipinski definition) is 3. The number of nitrogens with one attached hydrogen (secondary N) is 3. The summed E-state index contributed by atoms with van der Waals surface area (Å²) < 4.78 is 0. The van der Waals surface area contributed by atoms with Crippen molar-refractivity contribution in [1.82, 2.24) is 21.5 Å². The predicted octanol–water partition coefficient (Wildman–Crippen LogP) is -0.818. The van der Waals surface area contributed by atoms with E-state index in [1.165, 1.54) is 0 Å². The minimum atomic E-state index is 0.491. The molecule has 8 heavy (non-hydrogen) atoms. The number of hydrogen-bond acceptors (Lipinski definition) is 4. The van der Waals surface area contributed by atoms with Gasteiger partial charge in [-0.15, -0.1) is 0 Å². The lowest BCUT2D eigenvalue weighted by atomic mass is 10.4. The lowest BCUT2D eigenvalue weighted by Gasteiger charge is -2.17. The topological polar surface area (TPSA) is 39.3 Å². The molecule has 1 rings (SSSR count). The van der Waals surface area contributed by atoms with Gasteiger partial charge in [0.2, 0.25) is 0 Å². The zero-order chi connectivity index (χ0) is 5.98. The van der Waals surface area contributed by atoms with E-state index in [-0.39, 0.29) is 0 Å². The summed E-state index contributed by atoms with van der Waals surface area (Å²) >= 11 is 0. The van der Waals surface area contributed by atoms with Crippen molar-refractivity contribution in [2.24, 2.45) is 0 Å². The van der Waals surface area contributed by atoms with Crippen LogP contribution < -0.4 is 16.4 Å². The summed E-state index contributed by atoms with van der Waals surface area (Å²) in [5.41, 5.74) is 8.91. The van der Waals surface area contributed by atoms with Gasteiger partial charge in [-0.2, -0.15) is 10.7 Å². The lowest BCUT2D eigenvalue weighted by molar-refractivity contribution is 0.125. The molecule has 0 aliphatic carbocycles. The van der Waals surface area contributed by atoms with E-state index in [0.717, 1.165) is 6.67 Å². The molecular weight excluding hydrogens is 104 g/mol. The molecule has 3 N–H and O–H groups in total. The molecule has 0 bridgehead atoms. The Hall–Kier alpha value is -0.160. The average molecular weight is 116 g/mol. The molecule has 1 aliphatic heterocycles. The van der Waals surface area contributed by atoms with Crippen molar-refractivity contribution in [3.05, 3.63) is 0 Å². The molecule has 48 valence electrons. The predicted molar refractivity (Wildman–Crippen MR) is 31.2 cm³/mol. The van der Waals surface area contributed by atoms with Gasteiger partial charge in [-0.25, -0.2) is 10.9 Å². The van der Waals surface area contributed by atoms with Crippen LogP contribution in [0.3, 0.4) is 0 Å². The molecule has 1 aliphatic rings. The zero-order valence-electron chi connectivity index (χ0n) is 5.23. The van der Waals surface area contributed by atoms with E-state index < -0.39 is 0 Å². The van der Waals surface area contributed by atoms with Gasteiger partial charge in [0, 0.05) is 6.04 Å². The van der Waals surface area contributed by atoms with Gasteiger partial charge in [-0.3, -0.25) is 0 Å². The molecular formula is C4H12N4. The summed E-state index contributed by atoms with van der Waals surface area (Å²) in [6.45, 7) is 5.01. The highest BCUT2D eigenvalue weighted by Crippen LogP contribution is 1.88. The van der Waals surface area contributed by atoms with Gasteiger partial charge in [-0.1, -0.05) is 0 Å². The van der Waals surface area contributed by atoms with Crippen LogP contribution in [-0.4, -0.2) is 17.8 Å². The van der Waals surface area contributed by atoms with Crippen LogP contribution in [0.15, 0.2) is 0 Å². The molecule has 0 aromatic heterocycles. The fourth-order valence-corrected chi connectivity index (χ4v) is 0.601. The van der Waals surface area contributed by atoms with Gasteiger partial charge in [0.1, 0.15) is 0 Å². The highest BCUT2D eigenvalue weighted by molar-refractivity contribution is 4.53. The third-order valence-electron chi connectivity index (χ3n) is 1.05. The maximum atomic E-state index is 3.07. The van der Waals surface area contributed by atoms with Crippen LogP contribution in [0.5, 0.6) is 0 Å². The summed E-state index contributed by atoms with van der Waals surface area (Å²) in [6.07, 6.45) is 0. The average Bonchev–Trinajstić information content (AvgIpc) is 2.12. The van der Waals surface area contributed by atoms with Crippen LogP contribution in [0.2, 0.25) is 0 Å². The lowest BCUT2D eigenvalue weighted by Crippen LogP contribution is -2.44. The van der Waals surface area contributed by atoms with Crippen molar-refractivity contribution in [2.45, 2.75) is 19.9 Å². The Bertz CT molecular complexity index is 66.4. The van der Waals surface area contributed by atoms with E-state index >= 15 is 0 Å². The fraction of sp³-hybridized carbons (Fsp3) is 1.00. The van der Waals surface area contributed by atoms with Crippen molar-refractivity contribution in [3.63, 3.8) is 0 Å². The second-order valence-electron chi connectivity index (χ2n) is 2.09. The van der Waals surface area contributed by atoms with Gasteiger partial charge in [0.15, 0.2) is 0 Å². The van der Waals surface area contributed by atoms with Crippen LogP contribution >= 0.6 is 0 Å². The molecule has 1 saturated heterocycles. The van der Waals surface area contributed by atoms with E-state index in [9.17, 15) is 0 Å². The second kappa shape index (κ2) is 2.41. The van der Waals surface area contributed by atoms with Crippen LogP contribution in [0.25, 0.3) is 0 Å². The second-order valence-corrected chi connectivity index (χ2v) is 2.09. The van der Waals surface area contributed by atoms with Crippen LogP contribution in [0.1, 0.15) is 13.8 Å². The molecule has 0 atom stereocenters. The molecule has 4 heteroatoms.